The van der Waals surface area contributed by atoms with Gasteiger partial charge in [0.15, 0.2) is 47.9 Å². The number of hydrogen-bond acceptors (Lipinski definition) is 25. The zero-order valence-corrected chi connectivity index (χ0v) is 74.9. The average molecular weight is 1860 g/mol. The summed E-state index contributed by atoms with van der Waals surface area (Å²) >= 11 is 19.3. The summed E-state index contributed by atoms with van der Waals surface area (Å²) < 4.78 is 23.0. The van der Waals surface area contributed by atoms with Gasteiger partial charge in [0.1, 0.15) is 10.8 Å². The van der Waals surface area contributed by atoms with Crippen molar-refractivity contribution in [3.8, 4) is 45.0 Å². The first-order valence-corrected chi connectivity index (χ1v) is 46.0. The fourth-order valence-corrected chi connectivity index (χ4v) is 19.9. The van der Waals surface area contributed by atoms with E-state index >= 15 is 0 Å². The van der Waals surface area contributed by atoms with Crippen LogP contribution in [0.3, 0.4) is 0 Å². The van der Waals surface area contributed by atoms with E-state index in [9.17, 15) is 58.8 Å². The van der Waals surface area contributed by atoms with E-state index in [4.69, 9.17) is 11.6 Å². The number of fused-ring (bicyclic) bond motifs is 5. The second-order valence-corrected chi connectivity index (χ2v) is 37.4. The Morgan fingerprint density at radius 3 is 1.20 bits per heavy atom. The van der Waals surface area contributed by atoms with Crippen LogP contribution in [-0.4, -0.2) is 101 Å². The van der Waals surface area contributed by atoms with Gasteiger partial charge >= 0.3 is 0 Å². The Morgan fingerprint density at radius 2 is 0.794 bits per heavy atom. The molecule has 24 nitrogen and oxygen atoms in total. The maximum absolute atomic E-state index is 13.2. The topological polar surface area (TPSA) is 314 Å². The average Bonchev–Trinajstić information content (AvgIpc) is 1.65. The van der Waals surface area contributed by atoms with Crippen molar-refractivity contribution in [2.75, 3.05) is 0 Å². The monoisotopic (exact) mass is 1860 g/mol. The maximum atomic E-state index is 13.2. The van der Waals surface area contributed by atoms with E-state index in [1.807, 2.05) is 162 Å². The Kier molecular flexibility index (Phi) is 27.4. The number of carbonyl (C=O) groups excluding carboxylic acids is 5. The lowest BCUT2D eigenvalue weighted by Crippen LogP contribution is -1.96. The maximum Gasteiger partial charge on any atom is 0.288 e. The Morgan fingerprint density at radius 1 is 0.421 bits per heavy atom. The molecule has 3 N–H and O–H groups in total. The summed E-state index contributed by atoms with van der Waals surface area (Å²) in [4.78, 5) is 120. The molecule has 0 saturated carbocycles. The van der Waals surface area contributed by atoms with Gasteiger partial charge in [0, 0.05) is 96.5 Å². The van der Waals surface area contributed by atoms with Crippen molar-refractivity contribution in [1.29, 1.82) is 0 Å². The quantitative estimate of drug-likeness (QED) is 0.0232. The zero-order valence-electron chi connectivity index (χ0n) is 66.8. The van der Waals surface area contributed by atoms with Gasteiger partial charge in [-0.2, -0.15) is 0 Å². The molecule has 0 aliphatic carbocycles. The van der Waals surface area contributed by atoms with Crippen molar-refractivity contribution in [1.82, 2.24) is 51.9 Å². The van der Waals surface area contributed by atoms with Crippen molar-refractivity contribution >= 4 is 209 Å². The van der Waals surface area contributed by atoms with Gasteiger partial charge in [-0.3, -0.25) is 66.2 Å². The van der Waals surface area contributed by atoms with Gasteiger partial charge in [0.05, 0.1) is 111 Å². The highest BCUT2D eigenvalue weighted by molar-refractivity contribution is 7.18. The van der Waals surface area contributed by atoms with Gasteiger partial charge in [-0.1, -0.05) is 72.3 Å². The van der Waals surface area contributed by atoms with Gasteiger partial charge in [0.2, 0.25) is 5.78 Å². The molecule has 0 spiro atoms. The molecule has 0 fully saturated rings. The number of nitrogens with one attached hydrogen (secondary N) is 1. The summed E-state index contributed by atoms with van der Waals surface area (Å²) in [5.41, 5.74) is 11.8. The number of benzene rings is 4. The Labute approximate surface area is 757 Å². The van der Waals surface area contributed by atoms with Crippen molar-refractivity contribution in [3.05, 3.63) is 361 Å². The lowest BCUT2D eigenvalue weighted by molar-refractivity contribution is -0.385. The van der Waals surface area contributed by atoms with Crippen LogP contribution in [0.4, 0.5) is 15.8 Å². The van der Waals surface area contributed by atoms with Crippen LogP contribution in [0, 0.1) is 60.7 Å². The predicted molar refractivity (Wildman–Crippen MR) is 506 cm³/mol. The molecule has 0 aliphatic rings. The van der Waals surface area contributed by atoms with Crippen LogP contribution < -0.4 is 0 Å². The van der Waals surface area contributed by atoms with Crippen LogP contribution in [0.5, 0.6) is 0 Å². The van der Waals surface area contributed by atoms with E-state index in [1.54, 1.807) is 137 Å². The van der Waals surface area contributed by atoms with Gasteiger partial charge in [-0.15, -0.1) is 102 Å². The van der Waals surface area contributed by atoms with Crippen LogP contribution in [0.25, 0.3) is 100 Å². The standard InChI is InChI=1S/C20H15N3O4S2.C19H12ClN3O3S2.C19H13FN2OS2.C19H15N3O2S.C14H12N2OS2/c1-12-10-22-15(6-7-17(25)18-3-2-8-28-18)19(21-20(22)29-12)13-4-5-14(11-24)16(9-13)23(26)27;1-11-10-22-14(6-7-16(24)17-3-2-8-27-17)18(21-19(22)28-11)12-4-5-13(20)15(9-12)23(25)26;1-12-11-22-15(8-9-16(23)17-3-2-10-24-17)18(21-19(22)25-12)13-4-6-14(20)7-5-13;23-12-13-3-5-14(6-4-13)18-16(22-10-11-25-19(22)21-18)7-8-17(24)15-2-1-9-20-15;1-9-8-16-11(10(2)15-14(16)19-9)5-6-12(17)13-4-3-7-18-13/h2-10,24H,11H2,1H3;2-10H,1H3;2-11H,1H3;1-11,20,23H,12H2;3-8H,1-2H3/b2*7-6+;9-8+;8-7+;6-5+. The van der Waals surface area contributed by atoms with Crippen molar-refractivity contribution in [3.63, 3.8) is 0 Å². The molecule has 0 aliphatic heterocycles. The third-order valence-electron chi connectivity index (χ3n) is 19.0. The Hall–Kier alpha value is -13.2. The molecule has 19 aromatic rings. The number of nitro groups is 2. The van der Waals surface area contributed by atoms with E-state index in [0.717, 1.165) is 95.2 Å². The molecule has 0 atom stereocenters. The highest BCUT2D eigenvalue weighted by Crippen LogP contribution is 2.38. The molecule has 630 valence electrons. The fourth-order valence-electron chi connectivity index (χ4n) is 13.0. The number of aromatic nitrogens is 11. The number of H-pyrrole nitrogens is 1. The number of rotatable bonds is 23. The Balaban J connectivity index is 0.000000122. The summed E-state index contributed by atoms with van der Waals surface area (Å²) in [6.07, 6.45) is 28.1. The number of thiophene rings is 4. The summed E-state index contributed by atoms with van der Waals surface area (Å²) in [6.45, 7) is 9.55. The minimum atomic E-state index is -0.524. The third kappa shape index (κ3) is 19.9. The number of aryl methyl sites for hydroxylation is 5. The number of imidazole rings is 5. The number of nitro benzene ring substituents is 2. The smallest absolute Gasteiger partial charge is 0.288 e. The van der Waals surface area contributed by atoms with Gasteiger partial charge in [0.25, 0.3) is 11.4 Å². The second-order valence-electron chi connectivity index (χ2n) is 27.5. The fraction of sp³-hybridized carbons (Fsp3) is 0.0769. The summed E-state index contributed by atoms with van der Waals surface area (Å²) in [5, 5.41) is 50.7. The van der Waals surface area contributed by atoms with E-state index in [0.29, 0.717) is 54.2 Å². The minimum absolute atomic E-state index is 0.00989. The number of ketones is 5. The highest BCUT2D eigenvalue weighted by Gasteiger charge is 2.24. The van der Waals surface area contributed by atoms with E-state index < -0.39 is 16.5 Å². The van der Waals surface area contributed by atoms with E-state index in [1.165, 1.54) is 121 Å². The molecular weight excluding hydrogens is 1790 g/mol. The van der Waals surface area contributed by atoms with E-state index in [2.05, 4.69) is 43.0 Å². The summed E-state index contributed by atoms with van der Waals surface area (Å²) in [7, 11) is 0. The normalized spacial score (nSPS) is 11.6. The molecule has 35 heteroatoms. The van der Waals surface area contributed by atoms with Crippen molar-refractivity contribution < 1.29 is 48.4 Å². The largest absolute Gasteiger partial charge is 0.392 e. The molecule has 0 amide bonds. The lowest BCUT2D eigenvalue weighted by atomic mass is 10.1. The SMILES string of the molecule is Cc1cn2c(/C=C/C(=O)c3cccs3)c(-c3ccc(CO)c([N+](=O)[O-])c3)nc2s1.Cc1cn2c(/C=C/C(=O)c3cccs3)c(-c3ccc(Cl)c([N+](=O)[O-])c3)nc2s1.Cc1cn2c(/C=C/C(=O)c3cccs3)c(-c3ccc(F)cc3)nc2s1.Cc1cn2c(/C=C/C(=O)c3cccs3)c(C)nc2s1.O=C(/C=C/c1c(-c2ccc(CO)cc2)nc2sccn12)c1ccc[nH]1. The molecule has 0 bridgehead atoms. The number of aromatic amines is 1. The molecule has 15 heterocycles. The molecule has 0 saturated heterocycles. The van der Waals surface area contributed by atoms with Crippen LogP contribution in [0.2, 0.25) is 5.02 Å². The number of aliphatic hydroxyl groups is 2. The Bertz CT molecular complexity index is 7390. The number of nitrogens with zero attached hydrogens (tertiary/aromatic N) is 12. The second kappa shape index (κ2) is 39.3. The van der Waals surface area contributed by atoms with Crippen LogP contribution >= 0.6 is 114 Å². The number of hydrogen-bond donors (Lipinski definition) is 3. The first-order chi connectivity index (χ1) is 60.9. The number of thiazole rings is 5. The van der Waals surface area contributed by atoms with Gasteiger partial charge < -0.3 is 15.2 Å². The number of carbonyl (C=O) groups is 5. The minimum Gasteiger partial charge on any atom is -0.392 e. The van der Waals surface area contributed by atoms with Crippen molar-refractivity contribution in [2.24, 2.45) is 0 Å². The summed E-state index contributed by atoms with van der Waals surface area (Å²) in [5.74, 6) is -0.597. The third-order valence-corrected chi connectivity index (χ3v) is 27.2. The number of aliphatic hydroxyl groups excluding tert-OH is 2. The van der Waals surface area contributed by atoms with E-state index in [-0.39, 0.29) is 63.3 Å². The molecule has 15 aromatic heterocycles. The van der Waals surface area contributed by atoms with Crippen LogP contribution in [-0.2, 0) is 13.2 Å². The molecule has 126 heavy (non-hydrogen) atoms. The molecule has 4 aromatic carbocycles. The summed E-state index contributed by atoms with van der Waals surface area (Å²) in [6, 6.07) is 41.1. The highest BCUT2D eigenvalue weighted by atomic mass is 35.5. The first kappa shape index (κ1) is 87.7. The molecule has 19 rings (SSSR count). The van der Waals surface area contributed by atoms with Crippen molar-refractivity contribution in [2.45, 2.75) is 47.8 Å². The molecule has 0 radical (unpaired) electrons. The van der Waals surface area contributed by atoms with Gasteiger partial charge in [-0.05, 0) is 195 Å². The zero-order chi connectivity index (χ0) is 88.4. The molecule has 0 unspecified atom stereocenters. The van der Waals surface area contributed by atoms with Crippen LogP contribution in [0.15, 0.2) is 240 Å². The number of allylic oxidation sites excluding steroid dienone is 5. The molecular formula is C91H67ClFN13O11S9. The van der Waals surface area contributed by atoms with Crippen LogP contribution in [0.1, 0.15) is 114 Å². The lowest BCUT2D eigenvalue weighted by Gasteiger charge is -2.04. The van der Waals surface area contributed by atoms with Gasteiger partial charge in [-0.25, -0.2) is 29.3 Å². The first-order valence-electron chi connectivity index (χ1n) is 38.0. The predicted octanol–water partition coefficient (Wildman–Crippen LogP) is 23.8. The number of halogens is 2.